The zero-order valence-electron chi connectivity index (χ0n) is 12.2. The molecule has 2 atom stereocenters. The number of hydrogen-bond donors (Lipinski definition) is 3. The van der Waals surface area contributed by atoms with Crippen LogP contribution in [0.3, 0.4) is 0 Å². The monoisotopic (exact) mass is 301 g/mol. The van der Waals surface area contributed by atoms with Crippen molar-refractivity contribution in [3.05, 3.63) is 40.2 Å². The SMILES string of the molecule is O=C(NC1CCCCC1CO)c1n[nH]c2ccccc2c1=O. The lowest BCUT2D eigenvalue weighted by Crippen LogP contribution is -2.45. The highest BCUT2D eigenvalue weighted by atomic mass is 16.3. The fourth-order valence-corrected chi connectivity index (χ4v) is 3.08. The van der Waals surface area contributed by atoms with E-state index in [-0.39, 0.29) is 29.7 Å². The maximum absolute atomic E-state index is 12.4. The highest BCUT2D eigenvalue weighted by Crippen LogP contribution is 2.24. The van der Waals surface area contributed by atoms with Gasteiger partial charge in [0.15, 0.2) is 5.69 Å². The average Bonchev–Trinajstić information content (AvgIpc) is 2.56. The zero-order valence-corrected chi connectivity index (χ0v) is 12.2. The van der Waals surface area contributed by atoms with Crippen molar-refractivity contribution in [1.82, 2.24) is 15.5 Å². The normalized spacial score (nSPS) is 21.7. The third-order valence-corrected chi connectivity index (χ3v) is 4.35. The van der Waals surface area contributed by atoms with Crippen LogP contribution in [0.5, 0.6) is 0 Å². The Morgan fingerprint density at radius 2 is 2.09 bits per heavy atom. The topological polar surface area (TPSA) is 95.1 Å². The molecule has 6 nitrogen and oxygen atoms in total. The number of H-pyrrole nitrogens is 1. The molecule has 1 amide bonds. The van der Waals surface area contributed by atoms with Gasteiger partial charge in [-0.1, -0.05) is 25.0 Å². The van der Waals surface area contributed by atoms with Crippen molar-refractivity contribution in [2.24, 2.45) is 5.92 Å². The second-order valence-electron chi connectivity index (χ2n) is 5.75. The van der Waals surface area contributed by atoms with Gasteiger partial charge in [0.05, 0.1) is 5.52 Å². The Morgan fingerprint density at radius 1 is 1.32 bits per heavy atom. The first-order chi connectivity index (χ1) is 10.7. The van der Waals surface area contributed by atoms with E-state index in [4.69, 9.17) is 0 Å². The smallest absolute Gasteiger partial charge is 0.276 e. The Morgan fingerprint density at radius 3 is 2.91 bits per heavy atom. The van der Waals surface area contributed by atoms with Crippen LogP contribution in [0.25, 0.3) is 10.9 Å². The fourth-order valence-electron chi connectivity index (χ4n) is 3.08. The quantitative estimate of drug-likeness (QED) is 0.794. The van der Waals surface area contributed by atoms with Crippen LogP contribution in [0.1, 0.15) is 36.2 Å². The van der Waals surface area contributed by atoms with E-state index >= 15 is 0 Å². The molecule has 2 aromatic rings. The summed E-state index contributed by atoms with van der Waals surface area (Å²) in [5.41, 5.74) is 0.110. The predicted molar refractivity (Wildman–Crippen MR) is 82.7 cm³/mol. The summed E-state index contributed by atoms with van der Waals surface area (Å²) in [6.45, 7) is 0.0481. The van der Waals surface area contributed by atoms with E-state index < -0.39 is 5.91 Å². The molecule has 1 aromatic heterocycles. The number of para-hydroxylation sites is 1. The molecule has 1 aliphatic rings. The van der Waals surface area contributed by atoms with Crippen LogP contribution in [0.15, 0.2) is 29.1 Å². The third-order valence-electron chi connectivity index (χ3n) is 4.35. The van der Waals surface area contributed by atoms with Crippen molar-refractivity contribution in [1.29, 1.82) is 0 Å². The van der Waals surface area contributed by atoms with E-state index in [1.807, 2.05) is 0 Å². The minimum atomic E-state index is -0.475. The van der Waals surface area contributed by atoms with Crippen LogP contribution in [-0.4, -0.2) is 33.9 Å². The van der Waals surface area contributed by atoms with Crippen LogP contribution in [0.4, 0.5) is 0 Å². The second-order valence-corrected chi connectivity index (χ2v) is 5.75. The molecule has 0 saturated heterocycles. The predicted octanol–water partition coefficient (Wildman–Crippen LogP) is 1.20. The number of fused-ring (bicyclic) bond motifs is 1. The third kappa shape index (κ3) is 2.74. The van der Waals surface area contributed by atoms with Crippen LogP contribution < -0.4 is 10.7 Å². The molecule has 22 heavy (non-hydrogen) atoms. The first-order valence-corrected chi connectivity index (χ1v) is 7.60. The maximum atomic E-state index is 12.4. The van der Waals surface area contributed by atoms with Gasteiger partial charge in [0.2, 0.25) is 5.43 Å². The molecule has 0 radical (unpaired) electrons. The molecule has 3 N–H and O–H groups in total. The van der Waals surface area contributed by atoms with Crippen LogP contribution in [0, 0.1) is 5.92 Å². The van der Waals surface area contributed by atoms with Gasteiger partial charge < -0.3 is 10.4 Å². The summed E-state index contributed by atoms with van der Waals surface area (Å²) in [6.07, 6.45) is 3.79. The summed E-state index contributed by atoms with van der Waals surface area (Å²) in [6, 6.07) is 6.87. The van der Waals surface area contributed by atoms with Crippen LogP contribution in [0.2, 0.25) is 0 Å². The summed E-state index contributed by atoms with van der Waals surface area (Å²) in [4.78, 5) is 24.7. The number of aliphatic hydroxyl groups is 1. The van der Waals surface area contributed by atoms with Gasteiger partial charge >= 0.3 is 0 Å². The number of rotatable bonds is 3. The number of aromatic nitrogens is 2. The minimum Gasteiger partial charge on any atom is -0.396 e. The first kappa shape index (κ1) is 14.7. The standard InChI is InChI=1S/C16H19N3O3/c20-9-10-5-1-3-7-12(10)17-16(22)14-15(21)11-6-2-4-8-13(11)18-19-14/h2,4,6,8,10,12,20H,1,3,5,7,9H2,(H,17,22)(H,18,21). The van der Waals surface area contributed by atoms with Gasteiger partial charge in [-0.3, -0.25) is 14.7 Å². The van der Waals surface area contributed by atoms with Crippen molar-refractivity contribution in [3.8, 4) is 0 Å². The van der Waals surface area contributed by atoms with Crippen molar-refractivity contribution in [2.75, 3.05) is 6.61 Å². The number of carbonyl (C=O) groups excluding carboxylic acids is 1. The largest absolute Gasteiger partial charge is 0.396 e. The molecule has 0 spiro atoms. The van der Waals surface area contributed by atoms with Crippen LogP contribution in [-0.2, 0) is 0 Å². The van der Waals surface area contributed by atoms with Crippen molar-refractivity contribution in [3.63, 3.8) is 0 Å². The highest BCUT2D eigenvalue weighted by Gasteiger charge is 2.27. The van der Waals surface area contributed by atoms with E-state index in [9.17, 15) is 14.7 Å². The van der Waals surface area contributed by atoms with Crippen molar-refractivity contribution in [2.45, 2.75) is 31.7 Å². The lowest BCUT2D eigenvalue weighted by atomic mass is 9.85. The minimum absolute atomic E-state index is 0.0481. The number of amides is 1. The summed E-state index contributed by atoms with van der Waals surface area (Å²) >= 11 is 0. The Balaban J connectivity index is 1.86. The number of aromatic amines is 1. The van der Waals surface area contributed by atoms with E-state index in [0.29, 0.717) is 10.9 Å². The lowest BCUT2D eigenvalue weighted by molar-refractivity contribution is 0.0865. The highest BCUT2D eigenvalue weighted by molar-refractivity contribution is 5.95. The Hall–Kier alpha value is -2.21. The Bertz CT molecular complexity index is 741. The van der Waals surface area contributed by atoms with E-state index in [1.54, 1.807) is 24.3 Å². The molecule has 1 aromatic carbocycles. The summed E-state index contributed by atoms with van der Waals surface area (Å²) < 4.78 is 0. The van der Waals surface area contributed by atoms with Gasteiger partial charge in [-0.05, 0) is 25.0 Å². The molecule has 6 heteroatoms. The number of nitrogens with zero attached hydrogens (tertiary/aromatic N) is 1. The number of benzene rings is 1. The van der Waals surface area contributed by atoms with Gasteiger partial charge in [-0.25, -0.2) is 0 Å². The molecule has 1 aliphatic carbocycles. The molecule has 0 aliphatic heterocycles. The zero-order chi connectivity index (χ0) is 15.5. The number of aliphatic hydroxyl groups excluding tert-OH is 1. The Kier molecular flexibility index (Phi) is 4.20. The summed E-state index contributed by atoms with van der Waals surface area (Å²) in [5.74, 6) is -0.422. The molecule has 1 saturated carbocycles. The maximum Gasteiger partial charge on any atom is 0.276 e. The summed E-state index contributed by atoms with van der Waals surface area (Å²) in [7, 11) is 0. The van der Waals surface area contributed by atoms with Crippen molar-refractivity contribution < 1.29 is 9.90 Å². The number of carbonyl (C=O) groups is 1. The van der Waals surface area contributed by atoms with Gasteiger partial charge in [-0.2, -0.15) is 5.10 Å². The molecule has 1 fully saturated rings. The van der Waals surface area contributed by atoms with E-state index in [2.05, 4.69) is 15.5 Å². The fraction of sp³-hybridized carbons (Fsp3) is 0.438. The number of hydrogen-bond acceptors (Lipinski definition) is 4. The lowest BCUT2D eigenvalue weighted by Gasteiger charge is -2.30. The van der Waals surface area contributed by atoms with Gasteiger partial charge in [0.1, 0.15) is 0 Å². The van der Waals surface area contributed by atoms with Gasteiger partial charge in [0, 0.05) is 24.0 Å². The van der Waals surface area contributed by atoms with Crippen molar-refractivity contribution >= 4 is 16.8 Å². The molecule has 3 rings (SSSR count). The van der Waals surface area contributed by atoms with E-state index in [0.717, 1.165) is 25.7 Å². The molecular formula is C16H19N3O3. The molecule has 116 valence electrons. The molecule has 2 unspecified atom stereocenters. The van der Waals surface area contributed by atoms with E-state index in [1.165, 1.54) is 0 Å². The first-order valence-electron chi connectivity index (χ1n) is 7.60. The van der Waals surface area contributed by atoms with Gasteiger partial charge in [0.25, 0.3) is 5.91 Å². The summed E-state index contributed by atoms with van der Waals surface area (Å²) in [5, 5.41) is 19.4. The molecular weight excluding hydrogens is 282 g/mol. The molecule has 1 heterocycles. The Labute approximate surface area is 127 Å². The average molecular weight is 301 g/mol. The van der Waals surface area contributed by atoms with Crippen LogP contribution >= 0.6 is 0 Å². The second kappa shape index (κ2) is 6.27. The van der Waals surface area contributed by atoms with Gasteiger partial charge in [-0.15, -0.1) is 0 Å². The molecule has 0 bridgehead atoms. The number of nitrogens with one attached hydrogen (secondary N) is 2.